The number of aliphatic hydroxyl groups excluding tert-OH is 1. The number of rotatable bonds is 7. The molecule has 6 rings (SSSR count). The molecule has 2 saturated carbocycles. The van der Waals surface area contributed by atoms with Crippen LogP contribution in [-0.2, 0) is 4.74 Å². The zero-order chi connectivity index (χ0) is 24.1. The smallest absolute Gasteiger partial charge is 0.257 e. The van der Waals surface area contributed by atoms with Crippen molar-refractivity contribution in [2.75, 3.05) is 26.1 Å². The molecule has 1 amide bonds. The fraction of sp³-hybridized carbons (Fsp3) is 0.440. The van der Waals surface area contributed by atoms with Gasteiger partial charge in [0.2, 0.25) is 0 Å². The summed E-state index contributed by atoms with van der Waals surface area (Å²) in [6.07, 6.45) is 8.57. The maximum absolute atomic E-state index is 13.0. The van der Waals surface area contributed by atoms with E-state index in [0.29, 0.717) is 29.6 Å². The summed E-state index contributed by atoms with van der Waals surface area (Å²) in [6, 6.07) is 6.09. The summed E-state index contributed by atoms with van der Waals surface area (Å²) < 4.78 is 9.21. The van der Waals surface area contributed by atoms with Gasteiger partial charge in [-0.3, -0.25) is 4.79 Å². The van der Waals surface area contributed by atoms with Crippen molar-refractivity contribution in [1.29, 1.82) is 0 Å². The number of aliphatic hydroxyl groups is 1. The molecular weight excluding hydrogens is 446 g/mol. The van der Waals surface area contributed by atoms with Gasteiger partial charge in [0, 0.05) is 56.2 Å². The molecule has 35 heavy (non-hydrogen) atoms. The minimum atomic E-state index is -0.495. The lowest BCUT2D eigenvalue weighted by Gasteiger charge is -2.36. The number of fused-ring (bicyclic) bond motifs is 2. The fourth-order valence-electron chi connectivity index (χ4n) is 5.20. The number of carbonyl (C=O) groups excluding carboxylic acids is 1. The lowest BCUT2D eigenvalue weighted by atomic mass is 9.80. The van der Waals surface area contributed by atoms with Crippen molar-refractivity contribution < 1.29 is 14.6 Å². The number of aromatic nitrogens is 5. The lowest BCUT2D eigenvalue weighted by molar-refractivity contribution is 0.0448. The molecule has 3 N–H and O–H groups in total. The van der Waals surface area contributed by atoms with Crippen LogP contribution in [0.1, 0.15) is 42.1 Å². The topological polar surface area (TPSA) is 119 Å². The van der Waals surface area contributed by atoms with Crippen molar-refractivity contribution in [3.63, 3.8) is 0 Å². The summed E-state index contributed by atoms with van der Waals surface area (Å²) in [4.78, 5) is 22.6. The highest BCUT2D eigenvalue weighted by Crippen LogP contribution is 2.42. The first-order valence-corrected chi connectivity index (χ1v) is 12.1. The van der Waals surface area contributed by atoms with Crippen molar-refractivity contribution in [3.05, 3.63) is 42.4 Å². The number of hydrogen-bond acceptors (Lipinski definition) is 7. The number of anilines is 1. The number of pyridine rings is 1. The molecular formula is C25H29N7O3. The van der Waals surface area contributed by atoms with Crippen molar-refractivity contribution in [2.24, 2.45) is 5.92 Å². The third-order valence-corrected chi connectivity index (χ3v) is 7.40. The molecule has 0 radical (unpaired) electrons. The van der Waals surface area contributed by atoms with E-state index in [1.165, 1.54) is 6.20 Å². The van der Waals surface area contributed by atoms with Crippen LogP contribution in [-0.4, -0.2) is 68.1 Å². The summed E-state index contributed by atoms with van der Waals surface area (Å²) in [5.74, 6) is 1.02. The maximum atomic E-state index is 13.0. The van der Waals surface area contributed by atoms with Crippen LogP contribution < -0.4 is 10.6 Å². The average molecular weight is 476 g/mol. The van der Waals surface area contributed by atoms with E-state index in [-0.39, 0.29) is 11.9 Å². The Kier molecular flexibility index (Phi) is 5.42. The second kappa shape index (κ2) is 8.62. The monoisotopic (exact) mass is 475 g/mol. The minimum absolute atomic E-state index is 0.224. The Hall–Kier alpha value is -3.50. The first-order chi connectivity index (χ1) is 17.1. The Morgan fingerprint density at radius 3 is 2.86 bits per heavy atom. The standard InChI is InChI=1S/C25H29N7O3/c1-26-22-10-20(29-24-17(11-28-32(22)24)25(34)30-19-5-6-21(19)33)18-12-31(15-8-14(9-15)13-35-2)23-16(18)4-3-7-27-23/h3-4,7,10-12,14-15,19,21,26,33H,5-6,8-9,13H2,1-2H3,(H,30,34)/t14-,15+,19-,21+/m1/s1. The normalized spacial score (nSPS) is 23.7. The van der Waals surface area contributed by atoms with Crippen LogP contribution in [0.3, 0.4) is 0 Å². The fourth-order valence-corrected chi connectivity index (χ4v) is 5.20. The van der Waals surface area contributed by atoms with Gasteiger partial charge in [-0.05, 0) is 43.7 Å². The number of carbonyl (C=O) groups is 1. The molecule has 0 aliphatic heterocycles. The predicted octanol–water partition coefficient (Wildman–Crippen LogP) is 2.64. The van der Waals surface area contributed by atoms with Gasteiger partial charge in [0.05, 0.1) is 24.0 Å². The number of hydrogen-bond donors (Lipinski definition) is 3. The molecule has 0 aromatic carbocycles. The Labute approximate surface area is 202 Å². The number of ether oxygens (including phenoxy) is 1. The molecule has 182 valence electrons. The van der Waals surface area contributed by atoms with Gasteiger partial charge >= 0.3 is 0 Å². The Morgan fingerprint density at radius 1 is 1.29 bits per heavy atom. The number of nitrogens with zero attached hydrogens (tertiary/aromatic N) is 5. The minimum Gasteiger partial charge on any atom is -0.391 e. The van der Waals surface area contributed by atoms with Gasteiger partial charge in [0.25, 0.3) is 5.91 Å². The quantitative estimate of drug-likeness (QED) is 0.376. The van der Waals surface area contributed by atoms with E-state index < -0.39 is 6.10 Å². The van der Waals surface area contributed by atoms with Gasteiger partial charge < -0.3 is 25.0 Å². The summed E-state index contributed by atoms with van der Waals surface area (Å²) >= 11 is 0. The van der Waals surface area contributed by atoms with E-state index >= 15 is 0 Å². The van der Waals surface area contributed by atoms with Crippen LogP contribution in [0.25, 0.3) is 27.9 Å². The summed E-state index contributed by atoms with van der Waals surface area (Å²) in [7, 11) is 3.57. The van der Waals surface area contributed by atoms with E-state index in [0.717, 1.165) is 54.0 Å². The number of nitrogens with one attached hydrogen (secondary N) is 2. The van der Waals surface area contributed by atoms with Crippen LogP contribution >= 0.6 is 0 Å². The SMILES string of the molecule is CNc1cc(-c2cn([C@H]3C[C@@H](COC)C3)c3ncccc23)nc2c(C(=O)N[C@@H]3CC[C@@H]3O)cnn12. The van der Waals surface area contributed by atoms with Gasteiger partial charge in [-0.15, -0.1) is 0 Å². The molecule has 0 bridgehead atoms. The lowest BCUT2D eigenvalue weighted by Crippen LogP contribution is -2.50. The van der Waals surface area contributed by atoms with Gasteiger partial charge in [-0.25, -0.2) is 9.97 Å². The average Bonchev–Trinajstić information content (AvgIpc) is 3.45. The molecule has 2 atom stereocenters. The predicted molar refractivity (Wildman–Crippen MR) is 131 cm³/mol. The van der Waals surface area contributed by atoms with Gasteiger partial charge in [-0.1, -0.05) is 0 Å². The van der Waals surface area contributed by atoms with E-state index in [1.807, 2.05) is 25.4 Å². The molecule has 2 aliphatic rings. The first kappa shape index (κ1) is 22.0. The van der Waals surface area contributed by atoms with Gasteiger partial charge in [-0.2, -0.15) is 9.61 Å². The molecule has 2 fully saturated rings. The first-order valence-electron chi connectivity index (χ1n) is 12.1. The van der Waals surface area contributed by atoms with Crippen molar-refractivity contribution >= 4 is 28.4 Å². The molecule has 4 aromatic rings. The number of amides is 1. The molecule has 0 saturated heterocycles. The Bertz CT molecular complexity index is 1410. The highest BCUT2D eigenvalue weighted by molar-refractivity contribution is 6.01. The highest BCUT2D eigenvalue weighted by atomic mass is 16.5. The molecule has 10 heteroatoms. The summed E-state index contributed by atoms with van der Waals surface area (Å²) in [5.41, 5.74) is 3.48. The summed E-state index contributed by atoms with van der Waals surface area (Å²) in [5, 5.41) is 21.4. The molecule has 2 aliphatic carbocycles. The molecule has 4 aromatic heterocycles. The van der Waals surface area contributed by atoms with E-state index in [2.05, 4.69) is 37.5 Å². The van der Waals surface area contributed by atoms with Crippen LogP contribution in [0.15, 0.2) is 36.8 Å². The Morgan fingerprint density at radius 2 is 2.14 bits per heavy atom. The Balaban J connectivity index is 1.42. The second-order valence-electron chi connectivity index (χ2n) is 9.57. The number of methoxy groups -OCH3 is 1. The van der Waals surface area contributed by atoms with Crippen molar-refractivity contribution in [2.45, 2.75) is 43.9 Å². The highest BCUT2D eigenvalue weighted by Gasteiger charge is 2.33. The zero-order valence-corrected chi connectivity index (χ0v) is 19.8. The molecule has 10 nitrogen and oxygen atoms in total. The summed E-state index contributed by atoms with van der Waals surface area (Å²) in [6.45, 7) is 0.781. The molecule has 0 spiro atoms. The third kappa shape index (κ3) is 3.64. The van der Waals surface area contributed by atoms with Gasteiger partial charge in [0.15, 0.2) is 5.65 Å². The van der Waals surface area contributed by atoms with E-state index in [4.69, 9.17) is 9.72 Å². The van der Waals surface area contributed by atoms with Crippen LogP contribution in [0, 0.1) is 5.92 Å². The molecule has 4 heterocycles. The van der Waals surface area contributed by atoms with Crippen LogP contribution in [0.2, 0.25) is 0 Å². The second-order valence-corrected chi connectivity index (χ2v) is 9.57. The third-order valence-electron chi connectivity index (χ3n) is 7.40. The van der Waals surface area contributed by atoms with Crippen molar-refractivity contribution in [1.82, 2.24) is 29.5 Å². The zero-order valence-electron chi connectivity index (χ0n) is 19.8. The van der Waals surface area contributed by atoms with Crippen molar-refractivity contribution in [3.8, 4) is 11.3 Å². The largest absolute Gasteiger partial charge is 0.391 e. The van der Waals surface area contributed by atoms with E-state index in [9.17, 15) is 9.90 Å². The van der Waals surface area contributed by atoms with Gasteiger partial charge in [0.1, 0.15) is 17.0 Å². The maximum Gasteiger partial charge on any atom is 0.257 e. The van der Waals surface area contributed by atoms with E-state index in [1.54, 1.807) is 11.6 Å². The molecule has 0 unspecified atom stereocenters. The van der Waals surface area contributed by atoms with Crippen LogP contribution in [0.5, 0.6) is 0 Å². The van der Waals surface area contributed by atoms with Crippen LogP contribution in [0.4, 0.5) is 5.82 Å².